The fourth-order valence-electron chi connectivity index (χ4n) is 3.10. The number of hydrogen-bond donors (Lipinski definition) is 1. The molecule has 0 radical (unpaired) electrons. The molecule has 2 heterocycles. The Labute approximate surface area is 143 Å². The first-order chi connectivity index (χ1) is 11.8. The van der Waals surface area contributed by atoms with Gasteiger partial charge in [-0.1, -0.05) is 12.1 Å². The molecular formula is C17H19F3N2O3. The summed E-state index contributed by atoms with van der Waals surface area (Å²) in [7, 11) is 0. The van der Waals surface area contributed by atoms with Crippen molar-refractivity contribution in [2.75, 3.05) is 19.8 Å². The Bertz CT molecular complexity index is 652. The molecule has 8 heteroatoms. The first-order valence-corrected chi connectivity index (χ1v) is 8.14. The molecule has 0 aliphatic carbocycles. The van der Waals surface area contributed by atoms with Gasteiger partial charge in [-0.05, 0) is 24.1 Å². The number of alkyl halides is 3. The molecule has 2 amide bonds. The lowest BCUT2D eigenvalue weighted by atomic mass is 9.97. The van der Waals surface area contributed by atoms with Crippen LogP contribution in [0.4, 0.5) is 13.2 Å². The number of nitrogens with zero attached hydrogens (tertiary/aromatic N) is 1. The lowest BCUT2D eigenvalue weighted by Crippen LogP contribution is -2.59. The van der Waals surface area contributed by atoms with E-state index in [4.69, 9.17) is 4.74 Å². The van der Waals surface area contributed by atoms with Gasteiger partial charge in [-0.25, -0.2) is 0 Å². The lowest BCUT2D eigenvalue weighted by Gasteiger charge is -2.31. The molecule has 5 nitrogen and oxygen atoms in total. The van der Waals surface area contributed by atoms with Gasteiger partial charge < -0.3 is 15.0 Å². The fourth-order valence-corrected chi connectivity index (χ4v) is 3.10. The Morgan fingerprint density at radius 1 is 1.28 bits per heavy atom. The van der Waals surface area contributed by atoms with Crippen LogP contribution in [0.2, 0.25) is 0 Å². The van der Waals surface area contributed by atoms with Crippen molar-refractivity contribution in [2.24, 2.45) is 0 Å². The topological polar surface area (TPSA) is 58.6 Å². The number of rotatable bonds is 4. The third-order valence-electron chi connectivity index (χ3n) is 4.68. The van der Waals surface area contributed by atoms with Crippen molar-refractivity contribution in [1.82, 2.24) is 10.2 Å². The summed E-state index contributed by atoms with van der Waals surface area (Å²) in [6.45, 7) is 0.538. The highest BCUT2D eigenvalue weighted by Crippen LogP contribution is 2.37. The summed E-state index contributed by atoms with van der Waals surface area (Å²) >= 11 is 0. The van der Waals surface area contributed by atoms with Crippen LogP contribution in [0.25, 0.3) is 0 Å². The van der Waals surface area contributed by atoms with Crippen molar-refractivity contribution < 1.29 is 27.5 Å². The molecule has 0 spiro atoms. The molecule has 25 heavy (non-hydrogen) atoms. The number of amides is 2. The number of ether oxygens (including phenoxy) is 1. The second-order valence-corrected chi connectivity index (χ2v) is 6.45. The molecule has 1 N–H and O–H groups in total. The van der Waals surface area contributed by atoms with Gasteiger partial charge in [-0.15, -0.1) is 0 Å². The molecular weight excluding hydrogens is 337 g/mol. The zero-order valence-electron chi connectivity index (χ0n) is 13.6. The number of benzene rings is 1. The normalized spacial score (nSPS) is 24.0. The van der Waals surface area contributed by atoms with Crippen LogP contribution < -0.4 is 5.32 Å². The highest BCUT2D eigenvalue weighted by molar-refractivity contribution is 5.94. The lowest BCUT2D eigenvalue weighted by molar-refractivity contribution is -0.192. The highest BCUT2D eigenvalue weighted by Gasteiger charge is 2.58. The largest absolute Gasteiger partial charge is 0.413 e. The average molecular weight is 356 g/mol. The zero-order chi connectivity index (χ0) is 18.1. The summed E-state index contributed by atoms with van der Waals surface area (Å²) in [6.07, 6.45) is -3.49. The average Bonchev–Trinajstić information content (AvgIpc) is 3.18. The maximum Gasteiger partial charge on any atom is 0.413 e. The first kappa shape index (κ1) is 17.7. The van der Waals surface area contributed by atoms with Crippen molar-refractivity contribution in [3.63, 3.8) is 0 Å². The summed E-state index contributed by atoms with van der Waals surface area (Å²) < 4.78 is 44.7. The highest BCUT2D eigenvalue weighted by atomic mass is 19.4. The van der Waals surface area contributed by atoms with E-state index in [1.54, 1.807) is 17.0 Å². The molecule has 3 rings (SSSR count). The molecule has 2 saturated heterocycles. The maximum atomic E-state index is 13.3. The van der Waals surface area contributed by atoms with Crippen LogP contribution in [0.3, 0.4) is 0 Å². The minimum atomic E-state index is -4.57. The summed E-state index contributed by atoms with van der Waals surface area (Å²) in [5.41, 5.74) is -1.35. The maximum absolute atomic E-state index is 13.3. The van der Waals surface area contributed by atoms with Gasteiger partial charge >= 0.3 is 6.18 Å². The van der Waals surface area contributed by atoms with E-state index in [9.17, 15) is 22.8 Å². The van der Waals surface area contributed by atoms with E-state index in [2.05, 4.69) is 5.32 Å². The molecule has 0 aromatic heterocycles. The van der Waals surface area contributed by atoms with Gasteiger partial charge in [-0.2, -0.15) is 13.2 Å². The van der Waals surface area contributed by atoms with E-state index in [0.717, 1.165) is 12.0 Å². The third kappa shape index (κ3) is 3.63. The quantitative estimate of drug-likeness (QED) is 0.900. The Balaban J connectivity index is 1.67. The number of carbonyl (C=O) groups excluding carboxylic acids is 2. The Hall–Kier alpha value is -2.09. The number of hydrogen-bond acceptors (Lipinski definition) is 3. The summed E-state index contributed by atoms with van der Waals surface area (Å²) in [5, 5.41) is 2.09. The van der Waals surface area contributed by atoms with Crippen LogP contribution in [0, 0.1) is 0 Å². The molecule has 1 aromatic carbocycles. The van der Waals surface area contributed by atoms with E-state index in [1.165, 1.54) is 12.1 Å². The molecule has 136 valence electrons. The van der Waals surface area contributed by atoms with Gasteiger partial charge in [0, 0.05) is 38.1 Å². The second kappa shape index (κ2) is 6.67. The molecule has 1 aromatic rings. The van der Waals surface area contributed by atoms with E-state index >= 15 is 0 Å². The molecule has 2 fully saturated rings. The van der Waals surface area contributed by atoms with Crippen LogP contribution in [-0.2, 0) is 16.1 Å². The SMILES string of the molecule is O=C(NC1(C(F)(F)F)CCOC1)c1ccc(CN2CCCC2=O)cc1. The van der Waals surface area contributed by atoms with E-state index < -0.39 is 24.2 Å². The van der Waals surface area contributed by atoms with Gasteiger partial charge in [0.25, 0.3) is 5.91 Å². The predicted molar refractivity (Wildman–Crippen MR) is 82.8 cm³/mol. The van der Waals surface area contributed by atoms with Crippen LogP contribution in [-0.4, -0.2) is 48.2 Å². The van der Waals surface area contributed by atoms with E-state index in [1.807, 2.05) is 0 Å². The molecule has 1 atom stereocenters. The van der Waals surface area contributed by atoms with Gasteiger partial charge in [0.2, 0.25) is 5.91 Å². The predicted octanol–water partition coefficient (Wildman–Crippen LogP) is 2.26. The van der Waals surface area contributed by atoms with Gasteiger partial charge in [0.15, 0.2) is 5.54 Å². The summed E-state index contributed by atoms with van der Waals surface area (Å²) in [5.74, 6) is -0.693. The van der Waals surface area contributed by atoms with Gasteiger partial charge in [-0.3, -0.25) is 9.59 Å². The third-order valence-corrected chi connectivity index (χ3v) is 4.68. The minimum Gasteiger partial charge on any atom is -0.379 e. The van der Waals surface area contributed by atoms with E-state index in [0.29, 0.717) is 19.5 Å². The molecule has 2 aliphatic rings. The van der Waals surface area contributed by atoms with Crippen molar-refractivity contribution in [3.8, 4) is 0 Å². The Morgan fingerprint density at radius 3 is 2.52 bits per heavy atom. The summed E-state index contributed by atoms with van der Waals surface area (Å²) in [6, 6.07) is 6.27. The minimum absolute atomic E-state index is 0.0391. The number of halogens is 3. The molecule has 0 bridgehead atoms. The zero-order valence-corrected chi connectivity index (χ0v) is 13.6. The number of carbonyl (C=O) groups is 2. The number of nitrogens with one attached hydrogen (secondary N) is 1. The van der Waals surface area contributed by atoms with E-state index in [-0.39, 0.29) is 24.5 Å². The van der Waals surface area contributed by atoms with Crippen molar-refractivity contribution in [3.05, 3.63) is 35.4 Å². The van der Waals surface area contributed by atoms with Gasteiger partial charge in [0.05, 0.1) is 6.61 Å². The number of likely N-dealkylation sites (tertiary alicyclic amines) is 1. The Morgan fingerprint density at radius 2 is 2.00 bits per heavy atom. The molecule has 0 saturated carbocycles. The second-order valence-electron chi connectivity index (χ2n) is 6.45. The van der Waals surface area contributed by atoms with Crippen molar-refractivity contribution >= 4 is 11.8 Å². The smallest absolute Gasteiger partial charge is 0.379 e. The van der Waals surface area contributed by atoms with Crippen LogP contribution in [0.5, 0.6) is 0 Å². The fraction of sp³-hybridized carbons (Fsp3) is 0.529. The standard InChI is InChI=1S/C17H19F3N2O3/c18-17(19,20)16(7-9-25-11-16)21-15(24)13-5-3-12(4-6-13)10-22-8-1-2-14(22)23/h3-6H,1-2,7-11H2,(H,21,24). The van der Waals surface area contributed by atoms with Crippen LogP contribution in [0.1, 0.15) is 35.2 Å². The van der Waals surface area contributed by atoms with Crippen molar-refractivity contribution in [2.45, 2.75) is 37.5 Å². The molecule has 1 unspecified atom stereocenters. The van der Waals surface area contributed by atoms with Crippen LogP contribution in [0.15, 0.2) is 24.3 Å². The molecule has 2 aliphatic heterocycles. The first-order valence-electron chi connectivity index (χ1n) is 8.14. The monoisotopic (exact) mass is 356 g/mol. The van der Waals surface area contributed by atoms with Gasteiger partial charge in [0.1, 0.15) is 0 Å². The van der Waals surface area contributed by atoms with Crippen LogP contribution >= 0.6 is 0 Å². The summed E-state index contributed by atoms with van der Waals surface area (Å²) in [4.78, 5) is 25.6. The Kier molecular flexibility index (Phi) is 4.73. The van der Waals surface area contributed by atoms with Crippen molar-refractivity contribution in [1.29, 1.82) is 0 Å².